The van der Waals surface area contributed by atoms with E-state index in [0.717, 1.165) is 64.9 Å². The van der Waals surface area contributed by atoms with Crippen molar-refractivity contribution in [3.05, 3.63) is 88.0 Å². The van der Waals surface area contributed by atoms with Gasteiger partial charge in [0.2, 0.25) is 0 Å². The first kappa shape index (κ1) is 49.5. The summed E-state index contributed by atoms with van der Waals surface area (Å²) in [6.07, 6.45) is 13.9. The van der Waals surface area contributed by atoms with Crippen molar-refractivity contribution in [1.29, 1.82) is 0 Å². The van der Waals surface area contributed by atoms with Gasteiger partial charge in [0, 0.05) is 22.6 Å². The summed E-state index contributed by atoms with van der Waals surface area (Å²) < 4.78 is 22.9. The van der Waals surface area contributed by atoms with Gasteiger partial charge in [-0.15, -0.1) is 34.8 Å². The van der Waals surface area contributed by atoms with Crippen LogP contribution in [0.25, 0.3) is 6.08 Å². The van der Waals surface area contributed by atoms with E-state index in [1.165, 1.54) is 56.1 Å². The lowest BCUT2D eigenvalue weighted by molar-refractivity contribution is 0.231. The maximum atomic E-state index is 6.11. The number of benzene rings is 3. The molecule has 0 aromatic heterocycles. The zero-order chi connectivity index (χ0) is 40.5. The van der Waals surface area contributed by atoms with Crippen molar-refractivity contribution in [1.82, 2.24) is 0 Å². The molecule has 0 radical (unpaired) electrons. The Kier molecular flexibility index (Phi) is 25.6. The summed E-state index contributed by atoms with van der Waals surface area (Å²) in [5.74, 6) is 6.11. The number of hydrogen-bond acceptors (Lipinski definition) is 4. The number of allylic oxidation sites excluding steroid dienone is 1. The smallest absolute Gasteiger partial charge is 0.127 e. The number of rotatable bonds is 20. The maximum Gasteiger partial charge on any atom is 0.127 e. The van der Waals surface area contributed by atoms with Crippen LogP contribution in [0.5, 0.6) is 23.0 Å². The molecular weight excluding hydrogens is 735 g/mol. The van der Waals surface area contributed by atoms with Gasteiger partial charge in [0.05, 0.1) is 39.2 Å². The largest absolute Gasteiger partial charge is 0.496 e. The third kappa shape index (κ3) is 17.9. The SMILES string of the molecule is C/C=C/c1cc(OC)c(C)cc1OCC(CC)CCCC.CC(C)(C)c1ccc(CCl)cc1.CCCCC(CC)COc1cc(CCl)c(OC)cc1CCl. The molecule has 0 fully saturated rings. The first-order valence-electron chi connectivity index (χ1n) is 19.9. The molecule has 7 heteroatoms. The molecule has 304 valence electrons. The Morgan fingerprint density at radius 2 is 1.15 bits per heavy atom. The minimum absolute atomic E-state index is 0.241. The van der Waals surface area contributed by atoms with Gasteiger partial charge >= 0.3 is 0 Å². The topological polar surface area (TPSA) is 36.9 Å². The fourth-order valence-electron chi connectivity index (χ4n) is 5.81. The number of alkyl halides is 3. The van der Waals surface area contributed by atoms with Crippen LogP contribution in [0.15, 0.2) is 54.6 Å². The van der Waals surface area contributed by atoms with Crippen LogP contribution in [0, 0.1) is 18.8 Å². The minimum Gasteiger partial charge on any atom is -0.496 e. The Bertz CT molecular complexity index is 1460. The van der Waals surface area contributed by atoms with E-state index in [2.05, 4.69) is 97.9 Å². The molecule has 0 bridgehead atoms. The van der Waals surface area contributed by atoms with E-state index >= 15 is 0 Å². The van der Waals surface area contributed by atoms with Crippen molar-refractivity contribution in [3.8, 4) is 23.0 Å². The number of ether oxygens (including phenoxy) is 4. The van der Waals surface area contributed by atoms with Gasteiger partial charge in [-0.1, -0.05) is 123 Å². The van der Waals surface area contributed by atoms with Crippen LogP contribution in [-0.4, -0.2) is 27.4 Å². The average molecular weight is 806 g/mol. The van der Waals surface area contributed by atoms with Gasteiger partial charge in [-0.05, 0) is 84.9 Å². The molecular formula is C47H71Cl3O4. The Hall–Kier alpha value is -2.53. The van der Waals surface area contributed by atoms with E-state index in [-0.39, 0.29) is 5.41 Å². The fraction of sp³-hybridized carbons (Fsp3) is 0.574. The van der Waals surface area contributed by atoms with Crippen molar-refractivity contribution in [2.24, 2.45) is 11.8 Å². The molecule has 0 N–H and O–H groups in total. The molecule has 3 aromatic rings. The van der Waals surface area contributed by atoms with Crippen LogP contribution in [0.1, 0.15) is 140 Å². The molecule has 3 rings (SSSR count). The molecule has 0 amide bonds. The zero-order valence-electron chi connectivity index (χ0n) is 35.4. The highest BCUT2D eigenvalue weighted by atomic mass is 35.5. The Morgan fingerprint density at radius 1 is 0.648 bits per heavy atom. The van der Waals surface area contributed by atoms with Crippen molar-refractivity contribution in [2.75, 3.05) is 27.4 Å². The first-order valence-corrected chi connectivity index (χ1v) is 21.5. The quantitative estimate of drug-likeness (QED) is 0.107. The first-order chi connectivity index (χ1) is 25.9. The van der Waals surface area contributed by atoms with E-state index in [9.17, 15) is 0 Å². The van der Waals surface area contributed by atoms with Crippen molar-refractivity contribution < 1.29 is 18.9 Å². The Balaban J connectivity index is 0.000000421. The molecule has 0 saturated heterocycles. The van der Waals surface area contributed by atoms with Gasteiger partial charge in [0.25, 0.3) is 0 Å². The van der Waals surface area contributed by atoms with Crippen LogP contribution >= 0.6 is 34.8 Å². The molecule has 0 aliphatic carbocycles. The van der Waals surface area contributed by atoms with Gasteiger partial charge in [-0.25, -0.2) is 0 Å². The molecule has 4 nitrogen and oxygen atoms in total. The Labute approximate surface area is 345 Å². The molecule has 0 spiro atoms. The van der Waals surface area contributed by atoms with Crippen LogP contribution in [0.4, 0.5) is 0 Å². The number of unbranched alkanes of at least 4 members (excludes halogenated alkanes) is 2. The van der Waals surface area contributed by atoms with E-state index in [1.54, 1.807) is 14.2 Å². The highest BCUT2D eigenvalue weighted by Crippen LogP contribution is 2.33. The van der Waals surface area contributed by atoms with Crippen LogP contribution < -0.4 is 18.9 Å². The molecule has 0 saturated carbocycles. The van der Waals surface area contributed by atoms with Gasteiger partial charge in [-0.2, -0.15) is 0 Å². The van der Waals surface area contributed by atoms with E-state index in [1.807, 2.05) is 25.1 Å². The summed E-state index contributed by atoms with van der Waals surface area (Å²) in [5.41, 5.74) is 6.87. The molecule has 0 aliphatic rings. The lowest BCUT2D eigenvalue weighted by Crippen LogP contribution is -2.12. The predicted octanol–water partition coefficient (Wildman–Crippen LogP) is 15.1. The number of aryl methyl sites for hydroxylation is 1. The zero-order valence-corrected chi connectivity index (χ0v) is 37.7. The van der Waals surface area contributed by atoms with E-state index in [0.29, 0.717) is 29.5 Å². The molecule has 0 aliphatic heterocycles. The third-order valence-electron chi connectivity index (χ3n) is 9.63. The second-order valence-electron chi connectivity index (χ2n) is 14.9. The number of methoxy groups -OCH3 is 2. The number of halogens is 3. The summed E-state index contributed by atoms with van der Waals surface area (Å²) in [6, 6.07) is 16.5. The number of hydrogen-bond donors (Lipinski definition) is 0. The fourth-order valence-corrected chi connectivity index (χ4v) is 6.41. The van der Waals surface area contributed by atoms with E-state index in [4.69, 9.17) is 53.8 Å². The maximum absolute atomic E-state index is 6.11. The standard InChI is InChI=1S/C19H30O2.C17H26Cl2O2.C11H15Cl/c1-6-9-11-16(8-3)14-21-19-12-15(4)18(20-5)13-17(19)10-7-2;1-4-6-7-13(5-2)12-21-17-9-14(10-18)16(20-3)8-15(17)11-19;1-11(2,3)10-6-4-9(8-12)5-7-10/h7,10,12-13,16H,6,8-9,11,14H2,1-5H3;8-9,13H,4-7,10-12H2,1-3H3;4-7H,8H2,1-3H3/b10-7+;;. The van der Waals surface area contributed by atoms with Crippen LogP contribution in [-0.2, 0) is 23.1 Å². The van der Waals surface area contributed by atoms with Crippen LogP contribution in [0.3, 0.4) is 0 Å². The molecule has 3 aromatic carbocycles. The van der Waals surface area contributed by atoms with Gasteiger partial charge in [-0.3, -0.25) is 0 Å². The summed E-state index contributed by atoms with van der Waals surface area (Å²) in [5, 5.41) is 0. The molecule has 0 heterocycles. The lowest BCUT2D eigenvalue weighted by Gasteiger charge is -2.18. The van der Waals surface area contributed by atoms with Crippen LogP contribution in [0.2, 0.25) is 0 Å². The average Bonchev–Trinajstić information content (AvgIpc) is 3.18. The Morgan fingerprint density at radius 3 is 1.57 bits per heavy atom. The van der Waals surface area contributed by atoms with Gasteiger partial charge < -0.3 is 18.9 Å². The normalized spacial score (nSPS) is 12.3. The molecule has 54 heavy (non-hydrogen) atoms. The summed E-state index contributed by atoms with van der Waals surface area (Å²) in [6.45, 7) is 21.2. The summed E-state index contributed by atoms with van der Waals surface area (Å²) in [4.78, 5) is 0. The predicted molar refractivity (Wildman–Crippen MR) is 237 cm³/mol. The second kappa shape index (κ2) is 28.0. The third-order valence-corrected chi connectivity index (χ3v) is 10.5. The monoisotopic (exact) mass is 804 g/mol. The van der Waals surface area contributed by atoms with E-state index < -0.39 is 0 Å². The molecule has 2 unspecified atom stereocenters. The van der Waals surface area contributed by atoms with Crippen molar-refractivity contribution in [3.63, 3.8) is 0 Å². The lowest BCUT2D eigenvalue weighted by atomic mass is 9.87. The highest BCUT2D eigenvalue weighted by Gasteiger charge is 2.15. The highest BCUT2D eigenvalue weighted by molar-refractivity contribution is 6.18. The summed E-state index contributed by atoms with van der Waals surface area (Å²) >= 11 is 17.7. The van der Waals surface area contributed by atoms with Gasteiger partial charge in [0.15, 0.2) is 0 Å². The van der Waals surface area contributed by atoms with Crippen molar-refractivity contribution in [2.45, 2.75) is 137 Å². The summed E-state index contributed by atoms with van der Waals surface area (Å²) in [7, 11) is 3.35. The molecule has 2 atom stereocenters. The van der Waals surface area contributed by atoms with Gasteiger partial charge in [0.1, 0.15) is 23.0 Å². The van der Waals surface area contributed by atoms with Crippen molar-refractivity contribution >= 4 is 40.9 Å². The minimum atomic E-state index is 0.241. The second-order valence-corrected chi connectivity index (χ2v) is 15.7.